The number of hydrogen-bond donors (Lipinski definition) is 1. The minimum Gasteiger partial charge on any atom is -0.254 e. The van der Waals surface area contributed by atoms with Crippen LogP contribution in [0.25, 0.3) is 0 Å². The molecule has 0 radical (unpaired) electrons. The average molecular weight is 183 g/mol. The van der Waals surface area contributed by atoms with Crippen LogP contribution in [0.5, 0.6) is 0 Å². The van der Waals surface area contributed by atoms with Crippen molar-refractivity contribution in [2.75, 3.05) is 0 Å². The third-order valence-electron chi connectivity index (χ3n) is 1.45. The molecular formula is C6H5N3O2S. The third-order valence-corrected chi connectivity index (χ3v) is 2.72. The molecule has 0 amide bonds. The summed E-state index contributed by atoms with van der Waals surface area (Å²) >= 11 is 0. The minimum atomic E-state index is -3.45. The zero-order valence-corrected chi connectivity index (χ0v) is 6.75. The van der Waals surface area contributed by atoms with Crippen LogP contribution in [-0.2, 0) is 10.0 Å². The zero-order chi connectivity index (χ0) is 8.60. The number of pyridine rings is 1. The first-order valence-electron chi connectivity index (χ1n) is 3.20. The second-order valence-electron chi connectivity index (χ2n) is 2.24. The Hall–Kier alpha value is -1.43. The van der Waals surface area contributed by atoms with Gasteiger partial charge >= 0.3 is 0 Å². The Labute approximate surface area is 69.2 Å². The van der Waals surface area contributed by atoms with Gasteiger partial charge in [0.1, 0.15) is 10.6 Å². The number of hydrogen-bond acceptors (Lipinski definition) is 4. The summed E-state index contributed by atoms with van der Waals surface area (Å²) < 4.78 is 22.4. The topological polar surface area (TPSA) is 71.4 Å². The van der Waals surface area contributed by atoms with Gasteiger partial charge in [0.2, 0.25) is 0 Å². The quantitative estimate of drug-likeness (QED) is 0.600. The van der Waals surface area contributed by atoms with Gasteiger partial charge in [-0.1, -0.05) is 0 Å². The summed E-state index contributed by atoms with van der Waals surface area (Å²) in [5.41, 5.74) is 0.372. The largest absolute Gasteiger partial charge is 0.278 e. The van der Waals surface area contributed by atoms with Crippen molar-refractivity contribution in [2.45, 2.75) is 4.90 Å². The maximum atomic E-state index is 11.2. The number of nitrogens with zero attached hydrogens (tertiary/aromatic N) is 2. The lowest BCUT2D eigenvalue weighted by atomic mass is 10.4. The van der Waals surface area contributed by atoms with E-state index in [-0.39, 0.29) is 4.90 Å². The Morgan fingerprint density at radius 3 is 3.00 bits per heavy atom. The van der Waals surface area contributed by atoms with Crippen molar-refractivity contribution in [3.8, 4) is 0 Å². The molecular weight excluding hydrogens is 178 g/mol. The molecule has 0 unspecified atom stereocenters. The zero-order valence-electron chi connectivity index (χ0n) is 5.93. The molecule has 5 nitrogen and oxygen atoms in total. The second kappa shape index (κ2) is 2.28. The van der Waals surface area contributed by atoms with Gasteiger partial charge in [-0.3, -0.25) is 4.98 Å². The fraction of sp³-hybridized carbons (Fsp3) is 0. The number of rotatable bonds is 0. The normalized spacial score (nSPS) is 18.0. The lowest BCUT2D eigenvalue weighted by molar-refractivity contribution is 0.582. The van der Waals surface area contributed by atoms with Crippen LogP contribution in [0.15, 0.2) is 28.3 Å². The summed E-state index contributed by atoms with van der Waals surface area (Å²) in [6.07, 6.45) is 2.89. The summed E-state index contributed by atoms with van der Waals surface area (Å²) in [6, 6.07) is 3.05. The van der Waals surface area contributed by atoms with Crippen LogP contribution >= 0.6 is 0 Å². The molecule has 1 aromatic heterocycles. The van der Waals surface area contributed by atoms with Crippen LogP contribution in [0, 0.1) is 0 Å². The minimum absolute atomic E-state index is 0.167. The van der Waals surface area contributed by atoms with Crippen LogP contribution in [0.4, 0.5) is 0 Å². The molecule has 0 fully saturated rings. The van der Waals surface area contributed by atoms with Crippen LogP contribution in [0.1, 0.15) is 5.69 Å². The molecule has 0 saturated carbocycles. The van der Waals surface area contributed by atoms with Crippen molar-refractivity contribution in [3.63, 3.8) is 0 Å². The summed E-state index contributed by atoms with van der Waals surface area (Å²) in [4.78, 5) is 6.03. The van der Waals surface area contributed by atoms with E-state index < -0.39 is 10.0 Å². The van der Waals surface area contributed by atoms with E-state index in [1.807, 2.05) is 4.83 Å². The first-order valence-corrected chi connectivity index (χ1v) is 4.68. The second-order valence-corrected chi connectivity index (χ2v) is 3.87. The highest BCUT2D eigenvalue weighted by Crippen LogP contribution is 2.13. The molecule has 1 aliphatic heterocycles. The van der Waals surface area contributed by atoms with Gasteiger partial charge in [-0.05, 0) is 12.1 Å². The molecule has 12 heavy (non-hydrogen) atoms. The molecule has 6 heteroatoms. The van der Waals surface area contributed by atoms with Gasteiger partial charge in [0.15, 0.2) is 0 Å². The highest BCUT2D eigenvalue weighted by atomic mass is 32.2. The van der Waals surface area contributed by atoms with Gasteiger partial charge in [0.05, 0.1) is 6.21 Å². The van der Waals surface area contributed by atoms with Crippen LogP contribution in [0.3, 0.4) is 0 Å². The Kier molecular flexibility index (Phi) is 1.37. The molecule has 0 saturated heterocycles. The fourth-order valence-corrected chi connectivity index (χ4v) is 1.86. The molecule has 0 aliphatic carbocycles. The molecule has 2 heterocycles. The van der Waals surface area contributed by atoms with Gasteiger partial charge < -0.3 is 0 Å². The van der Waals surface area contributed by atoms with E-state index in [0.29, 0.717) is 5.69 Å². The molecule has 0 aromatic carbocycles. The van der Waals surface area contributed by atoms with Crippen LogP contribution in [-0.4, -0.2) is 19.6 Å². The van der Waals surface area contributed by atoms with Gasteiger partial charge in [-0.15, -0.1) is 0 Å². The monoisotopic (exact) mass is 183 g/mol. The first-order chi connectivity index (χ1) is 5.70. The molecule has 2 rings (SSSR count). The van der Waals surface area contributed by atoms with E-state index in [1.54, 1.807) is 6.07 Å². The summed E-state index contributed by atoms with van der Waals surface area (Å²) in [7, 11) is -3.45. The SMILES string of the molecule is O=S1(=O)NN=Cc2ncccc21. The van der Waals surface area contributed by atoms with Gasteiger partial charge in [0.25, 0.3) is 10.0 Å². The Balaban J connectivity index is 2.77. The van der Waals surface area contributed by atoms with Gasteiger partial charge in [0, 0.05) is 6.20 Å². The van der Waals surface area contributed by atoms with E-state index in [9.17, 15) is 8.42 Å². The molecule has 1 aromatic rings. The lowest BCUT2D eigenvalue weighted by Gasteiger charge is -2.09. The predicted molar refractivity (Wildman–Crippen MR) is 42.2 cm³/mol. The van der Waals surface area contributed by atoms with Gasteiger partial charge in [-0.2, -0.15) is 18.4 Å². The Bertz CT molecular complexity index is 438. The molecule has 1 N–H and O–H groups in total. The summed E-state index contributed by atoms with van der Waals surface area (Å²) in [6.45, 7) is 0. The predicted octanol–water partition coefficient (Wildman–Crippen LogP) is -0.293. The average Bonchev–Trinajstić information content (AvgIpc) is 2.04. The van der Waals surface area contributed by atoms with Crippen molar-refractivity contribution < 1.29 is 8.42 Å². The van der Waals surface area contributed by atoms with E-state index in [1.165, 1.54) is 18.5 Å². The van der Waals surface area contributed by atoms with Crippen molar-refractivity contribution in [2.24, 2.45) is 5.10 Å². The van der Waals surface area contributed by atoms with Crippen molar-refractivity contribution in [1.82, 2.24) is 9.82 Å². The lowest BCUT2D eigenvalue weighted by Crippen LogP contribution is -2.24. The summed E-state index contributed by atoms with van der Waals surface area (Å²) in [5, 5.41) is 3.45. The van der Waals surface area contributed by atoms with E-state index in [0.717, 1.165) is 0 Å². The smallest absolute Gasteiger partial charge is 0.254 e. The molecule has 0 bridgehead atoms. The Morgan fingerprint density at radius 2 is 2.25 bits per heavy atom. The van der Waals surface area contributed by atoms with Crippen molar-refractivity contribution in [3.05, 3.63) is 24.0 Å². The van der Waals surface area contributed by atoms with E-state index in [4.69, 9.17) is 0 Å². The molecule has 0 atom stereocenters. The molecule has 0 spiro atoms. The number of aromatic nitrogens is 1. The summed E-state index contributed by atoms with van der Waals surface area (Å²) in [5.74, 6) is 0. The van der Waals surface area contributed by atoms with Crippen LogP contribution < -0.4 is 4.83 Å². The Morgan fingerprint density at radius 1 is 1.42 bits per heavy atom. The van der Waals surface area contributed by atoms with E-state index >= 15 is 0 Å². The van der Waals surface area contributed by atoms with Crippen molar-refractivity contribution >= 4 is 16.2 Å². The highest BCUT2D eigenvalue weighted by molar-refractivity contribution is 7.89. The first kappa shape index (κ1) is 7.23. The fourth-order valence-electron chi connectivity index (χ4n) is 0.933. The molecule has 62 valence electrons. The highest BCUT2D eigenvalue weighted by Gasteiger charge is 2.20. The standard InChI is InChI=1S/C6H5N3O2S/c10-12(11)6-2-1-3-7-5(6)4-8-9-12/h1-4,9H. The number of nitrogens with one attached hydrogen (secondary N) is 1. The maximum absolute atomic E-state index is 11.2. The maximum Gasteiger partial charge on any atom is 0.278 e. The number of hydrazone groups is 1. The molecule has 1 aliphatic rings. The van der Waals surface area contributed by atoms with Crippen molar-refractivity contribution in [1.29, 1.82) is 0 Å². The number of fused-ring (bicyclic) bond motifs is 1. The van der Waals surface area contributed by atoms with Crippen LogP contribution in [0.2, 0.25) is 0 Å². The van der Waals surface area contributed by atoms with E-state index in [2.05, 4.69) is 10.1 Å². The third kappa shape index (κ3) is 0.964. The van der Waals surface area contributed by atoms with Gasteiger partial charge in [-0.25, -0.2) is 0 Å². The number of sulfonamides is 1.